The van der Waals surface area contributed by atoms with Crippen molar-refractivity contribution in [3.8, 4) is 5.75 Å². The maximum Gasteiger partial charge on any atom is 0.133 e. The van der Waals surface area contributed by atoms with E-state index in [0.29, 0.717) is 0 Å². The molecule has 0 atom stereocenters. The number of nitrogens with one attached hydrogen (secondary N) is 2. The molecule has 1 aliphatic rings. The molecule has 3 nitrogen and oxygen atoms in total. The van der Waals surface area contributed by atoms with E-state index in [4.69, 9.17) is 4.74 Å². The van der Waals surface area contributed by atoms with Crippen molar-refractivity contribution in [1.82, 2.24) is 10.3 Å². The highest BCUT2D eigenvalue weighted by Crippen LogP contribution is 2.33. The Balaban J connectivity index is 2.27. The highest BCUT2D eigenvalue weighted by molar-refractivity contribution is 9.10. The molecule has 0 radical (unpaired) electrons. The molecule has 0 saturated heterocycles. The molecular weight excluding hydrogens is 268 g/mol. The summed E-state index contributed by atoms with van der Waals surface area (Å²) < 4.78 is 6.33. The molecule has 3 rings (SSSR count). The Morgan fingerprint density at radius 1 is 1.38 bits per heavy atom. The van der Waals surface area contributed by atoms with Crippen LogP contribution in [0.15, 0.2) is 16.6 Å². The molecule has 0 spiro atoms. The van der Waals surface area contributed by atoms with Gasteiger partial charge in [-0.1, -0.05) is 0 Å². The van der Waals surface area contributed by atoms with Crippen molar-refractivity contribution < 1.29 is 4.74 Å². The van der Waals surface area contributed by atoms with Gasteiger partial charge in [-0.15, -0.1) is 0 Å². The first-order chi connectivity index (χ1) is 7.79. The number of aromatic amines is 1. The first-order valence-electron chi connectivity index (χ1n) is 5.37. The third kappa shape index (κ3) is 1.44. The monoisotopic (exact) mass is 280 g/mol. The number of rotatable bonds is 1. The standard InChI is InChI=1S/C12H13BrN2O/c1-16-12-4-7-8-6-14-3-2-10(8)15-11(7)5-9(12)13/h4-5,14-15H,2-3,6H2,1H3. The molecule has 2 N–H and O–H groups in total. The van der Waals surface area contributed by atoms with Gasteiger partial charge in [-0.05, 0) is 33.6 Å². The van der Waals surface area contributed by atoms with E-state index in [9.17, 15) is 0 Å². The molecule has 0 aliphatic carbocycles. The zero-order valence-corrected chi connectivity index (χ0v) is 10.6. The largest absolute Gasteiger partial charge is 0.496 e. The van der Waals surface area contributed by atoms with Crippen LogP contribution in [0.3, 0.4) is 0 Å². The molecule has 0 fully saturated rings. The summed E-state index contributed by atoms with van der Waals surface area (Å²) in [6.07, 6.45) is 1.07. The second kappa shape index (κ2) is 3.79. The van der Waals surface area contributed by atoms with Gasteiger partial charge in [0.15, 0.2) is 0 Å². The first-order valence-corrected chi connectivity index (χ1v) is 6.16. The average Bonchev–Trinajstić information content (AvgIpc) is 2.65. The molecule has 0 unspecified atom stereocenters. The number of benzene rings is 1. The topological polar surface area (TPSA) is 37.0 Å². The van der Waals surface area contributed by atoms with Crippen LogP contribution < -0.4 is 10.1 Å². The SMILES string of the molecule is COc1cc2c3c([nH]c2cc1Br)CCNC3. The van der Waals surface area contributed by atoms with Crippen LogP contribution in [-0.2, 0) is 13.0 Å². The molecule has 1 aromatic heterocycles. The van der Waals surface area contributed by atoms with Crippen LogP contribution >= 0.6 is 15.9 Å². The number of aromatic nitrogens is 1. The van der Waals surface area contributed by atoms with Gasteiger partial charge in [-0.3, -0.25) is 0 Å². The minimum absolute atomic E-state index is 0.889. The molecule has 0 saturated carbocycles. The quantitative estimate of drug-likeness (QED) is 0.843. The smallest absolute Gasteiger partial charge is 0.133 e. The van der Waals surface area contributed by atoms with Crippen LogP contribution in [0.2, 0.25) is 0 Å². The van der Waals surface area contributed by atoms with Crippen molar-refractivity contribution in [2.45, 2.75) is 13.0 Å². The van der Waals surface area contributed by atoms with E-state index < -0.39 is 0 Å². The molecular formula is C12H13BrN2O. The van der Waals surface area contributed by atoms with E-state index in [0.717, 1.165) is 29.7 Å². The fourth-order valence-corrected chi connectivity index (χ4v) is 2.81. The average molecular weight is 281 g/mol. The van der Waals surface area contributed by atoms with Crippen molar-refractivity contribution >= 4 is 26.8 Å². The van der Waals surface area contributed by atoms with Crippen LogP contribution in [0, 0.1) is 0 Å². The van der Waals surface area contributed by atoms with E-state index in [-0.39, 0.29) is 0 Å². The van der Waals surface area contributed by atoms with E-state index in [1.54, 1.807) is 7.11 Å². The molecule has 2 aromatic rings. The highest BCUT2D eigenvalue weighted by Gasteiger charge is 2.16. The maximum atomic E-state index is 5.33. The van der Waals surface area contributed by atoms with Crippen molar-refractivity contribution in [2.24, 2.45) is 0 Å². The number of fused-ring (bicyclic) bond motifs is 3. The van der Waals surface area contributed by atoms with E-state index in [1.807, 2.05) is 0 Å². The predicted molar refractivity (Wildman–Crippen MR) is 68.0 cm³/mol. The van der Waals surface area contributed by atoms with Gasteiger partial charge in [-0.2, -0.15) is 0 Å². The van der Waals surface area contributed by atoms with Crippen molar-refractivity contribution in [3.05, 3.63) is 27.9 Å². The van der Waals surface area contributed by atoms with Crippen molar-refractivity contribution in [2.75, 3.05) is 13.7 Å². The normalized spacial score (nSPS) is 15.1. The van der Waals surface area contributed by atoms with Gasteiger partial charge in [0.2, 0.25) is 0 Å². The molecule has 84 valence electrons. The van der Waals surface area contributed by atoms with E-state index >= 15 is 0 Å². The maximum absolute atomic E-state index is 5.33. The van der Waals surface area contributed by atoms with Crippen molar-refractivity contribution in [3.63, 3.8) is 0 Å². The lowest BCUT2D eigenvalue weighted by molar-refractivity contribution is 0.413. The summed E-state index contributed by atoms with van der Waals surface area (Å²) >= 11 is 3.51. The van der Waals surface area contributed by atoms with Crippen LogP contribution in [0.4, 0.5) is 0 Å². The number of methoxy groups -OCH3 is 1. The van der Waals surface area contributed by atoms with Crippen LogP contribution in [-0.4, -0.2) is 18.6 Å². The lowest BCUT2D eigenvalue weighted by Crippen LogP contribution is -2.22. The van der Waals surface area contributed by atoms with Crippen LogP contribution in [0.1, 0.15) is 11.3 Å². The fraction of sp³-hybridized carbons (Fsp3) is 0.333. The molecule has 1 aromatic carbocycles. The summed E-state index contributed by atoms with van der Waals surface area (Å²) in [5.41, 5.74) is 3.92. The summed E-state index contributed by atoms with van der Waals surface area (Å²) in [7, 11) is 1.70. The molecule has 16 heavy (non-hydrogen) atoms. The molecule has 0 amide bonds. The van der Waals surface area contributed by atoms with Gasteiger partial charge < -0.3 is 15.0 Å². The first kappa shape index (κ1) is 10.2. The molecule has 1 aliphatic heterocycles. The summed E-state index contributed by atoms with van der Waals surface area (Å²) in [6, 6.07) is 4.19. The van der Waals surface area contributed by atoms with Gasteiger partial charge in [-0.25, -0.2) is 0 Å². The Morgan fingerprint density at radius 3 is 3.06 bits per heavy atom. The molecule has 2 heterocycles. The number of ether oxygens (including phenoxy) is 1. The van der Waals surface area contributed by atoms with Gasteiger partial charge >= 0.3 is 0 Å². The zero-order valence-electron chi connectivity index (χ0n) is 9.06. The summed E-state index contributed by atoms with van der Waals surface area (Å²) in [5, 5.41) is 4.66. The van der Waals surface area contributed by atoms with Crippen molar-refractivity contribution in [1.29, 1.82) is 0 Å². The van der Waals surface area contributed by atoms with Gasteiger partial charge in [0.05, 0.1) is 11.6 Å². The van der Waals surface area contributed by atoms with Gasteiger partial charge in [0.25, 0.3) is 0 Å². The highest BCUT2D eigenvalue weighted by atomic mass is 79.9. The Labute approximate surface area is 102 Å². The summed E-state index contributed by atoms with van der Waals surface area (Å²) in [4.78, 5) is 3.48. The van der Waals surface area contributed by atoms with E-state index in [1.165, 1.54) is 22.2 Å². The van der Waals surface area contributed by atoms with Crippen LogP contribution in [0.25, 0.3) is 10.9 Å². The Kier molecular flexibility index (Phi) is 2.41. The summed E-state index contributed by atoms with van der Waals surface area (Å²) in [5.74, 6) is 0.889. The second-order valence-electron chi connectivity index (χ2n) is 4.04. The molecule has 0 bridgehead atoms. The van der Waals surface area contributed by atoms with Crippen LogP contribution in [0.5, 0.6) is 5.75 Å². The Hall–Kier alpha value is -1.00. The van der Waals surface area contributed by atoms with Gasteiger partial charge in [0.1, 0.15) is 5.75 Å². The summed E-state index contributed by atoms with van der Waals surface area (Å²) in [6.45, 7) is 2.00. The number of H-pyrrole nitrogens is 1. The lowest BCUT2D eigenvalue weighted by atomic mass is 10.1. The lowest BCUT2D eigenvalue weighted by Gasteiger charge is -2.12. The zero-order chi connectivity index (χ0) is 11.1. The second-order valence-corrected chi connectivity index (χ2v) is 4.90. The molecule has 4 heteroatoms. The Morgan fingerprint density at radius 2 is 2.25 bits per heavy atom. The number of hydrogen-bond acceptors (Lipinski definition) is 2. The minimum Gasteiger partial charge on any atom is -0.496 e. The van der Waals surface area contributed by atoms with E-state index in [2.05, 4.69) is 38.4 Å². The van der Waals surface area contributed by atoms with Gasteiger partial charge in [0, 0.05) is 36.1 Å². The third-order valence-electron chi connectivity index (χ3n) is 3.12. The minimum atomic E-state index is 0.889. The third-order valence-corrected chi connectivity index (χ3v) is 3.74. The fourth-order valence-electron chi connectivity index (χ4n) is 2.31. The predicted octanol–water partition coefficient (Wildman–Crippen LogP) is 2.58. The number of hydrogen-bond donors (Lipinski definition) is 2. The number of halogens is 1. The Bertz CT molecular complexity index is 547.